The van der Waals surface area contributed by atoms with Crippen LogP contribution in [0, 0.1) is 0 Å². The van der Waals surface area contributed by atoms with E-state index < -0.39 is 6.10 Å². The van der Waals surface area contributed by atoms with Gasteiger partial charge in [-0.1, -0.05) is 24.3 Å². The summed E-state index contributed by atoms with van der Waals surface area (Å²) >= 11 is 0. The van der Waals surface area contributed by atoms with Gasteiger partial charge in [-0.15, -0.1) is 0 Å². The number of hydrogen-bond donors (Lipinski definition) is 1. The van der Waals surface area contributed by atoms with Crippen molar-refractivity contribution in [2.45, 2.75) is 6.10 Å². The molecule has 6 heteroatoms. The molecule has 0 radical (unpaired) electrons. The lowest BCUT2D eigenvalue weighted by Gasteiger charge is -2.20. The summed E-state index contributed by atoms with van der Waals surface area (Å²) in [7, 11) is 7.93. The van der Waals surface area contributed by atoms with Crippen molar-refractivity contribution in [2.24, 2.45) is 0 Å². The van der Waals surface area contributed by atoms with Crippen LogP contribution in [0.5, 0.6) is 28.7 Å². The Hall–Kier alpha value is -3.64. The molecule has 6 nitrogen and oxygen atoms in total. The number of benzene rings is 3. The molecule has 0 spiro atoms. The molecule has 3 rings (SSSR count). The largest absolute Gasteiger partial charge is 0.497 e. The third kappa shape index (κ3) is 5.15. The van der Waals surface area contributed by atoms with Crippen molar-refractivity contribution in [3.8, 4) is 28.7 Å². The molecule has 168 valence electrons. The van der Waals surface area contributed by atoms with Gasteiger partial charge < -0.3 is 28.8 Å². The molecular formula is C26H28O6. The van der Waals surface area contributed by atoms with E-state index in [1.165, 1.54) is 0 Å². The number of aliphatic hydroxyl groups is 1. The maximum Gasteiger partial charge on any atom is 0.129 e. The first-order valence-electron chi connectivity index (χ1n) is 10.0. The fourth-order valence-electron chi connectivity index (χ4n) is 3.39. The molecule has 0 fully saturated rings. The second-order valence-electron chi connectivity index (χ2n) is 6.99. The second kappa shape index (κ2) is 10.6. The fraction of sp³-hybridized carbons (Fsp3) is 0.231. The number of hydrogen-bond acceptors (Lipinski definition) is 6. The van der Waals surface area contributed by atoms with Gasteiger partial charge in [0.05, 0.1) is 35.5 Å². The number of aliphatic hydroxyl groups excluding tert-OH is 1. The van der Waals surface area contributed by atoms with E-state index in [2.05, 4.69) is 0 Å². The van der Waals surface area contributed by atoms with Gasteiger partial charge in [0.1, 0.15) is 34.9 Å². The molecule has 0 aliphatic carbocycles. The molecule has 0 saturated carbocycles. The van der Waals surface area contributed by atoms with E-state index in [4.69, 9.17) is 23.7 Å². The first-order chi connectivity index (χ1) is 15.5. The van der Waals surface area contributed by atoms with E-state index in [1.54, 1.807) is 59.8 Å². The lowest BCUT2D eigenvalue weighted by molar-refractivity contribution is 0.213. The van der Waals surface area contributed by atoms with Crippen molar-refractivity contribution in [1.29, 1.82) is 0 Å². The topological polar surface area (TPSA) is 66.4 Å². The van der Waals surface area contributed by atoms with Gasteiger partial charge in [0.2, 0.25) is 0 Å². The Kier molecular flexibility index (Phi) is 7.63. The minimum absolute atomic E-state index is 0.507. The van der Waals surface area contributed by atoms with E-state index in [9.17, 15) is 5.11 Å². The first kappa shape index (κ1) is 23.0. The van der Waals surface area contributed by atoms with Crippen molar-refractivity contribution in [1.82, 2.24) is 0 Å². The molecule has 0 saturated heterocycles. The lowest BCUT2D eigenvalue weighted by Crippen LogP contribution is -2.06. The molecule has 0 aliphatic rings. The van der Waals surface area contributed by atoms with Gasteiger partial charge in [0.15, 0.2) is 0 Å². The van der Waals surface area contributed by atoms with Gasteiger partial charge >= 0.3 is 0 Å². The molecule has 3 aromatic carbocycles. The number of ether oxygens (including phenoxy) is 5. The highest BCUT2D eigenvalue weighted by Crippen LogP contribution is 2.39. The van der Waals surface area contributed by atoms with Crippen LogP contribution >= 0.6 is 0 Å². The Balaban J connectivity index is 2.10. The average molecular weight is 437 g/mol. The van der Waals surface area contributed by atoms with Crippen LogP contribution in [0.3, 0.4) is 0 Å². The SMILES string of the molecule is COc1ccc(/C=C\c2cc(OC)cc(OC)c2C(O)c2cc(OC)cc(OC)c2)cc1. The van der Waals surface area contributed by atoms with Crippen LogP contribution in [0.2, 0.25) is 0 Å². The summed E-state index contributed by atoms with van der Waals surface area (Å²) < 4.78 is 27.0. The summed E-state index contributed by atoms with van der Waals surface area (Å²) in [5, 5.41) is 11.4. The molecule has 1 unspecified atom stereocenters. The van der Waals surface area contributed by atoms with E-state index in [0.717, 1.165) is 16.9 Å². The summed E-state index contributed by atoms with van der Waals surface area (Å²) in [5.74, 6) is 3.08. The monoisotopic (exact) mass is 436 g/mol. The van der Waals surface area contributed by atoms with E-state index in [0.29, 0.717) is 34.1 Å². The molecule has 1 atom stereocenters. The van der Waals surface area contributed by atoms with Gasteiger partial charge in [-0.05, 0) is 47.0 Å². The van der Waals surface area contributed by atoms with Crippen LogP contribution in [-0.2, 0) is 0 Å². The van der Waals surface area contributed by atoms with Gasteiger partial charge in [0, 0.05) is 17.7 Å². The molecule has 0 bridgehead atoms. The highest BCUT2D eigenvalue weighted by molar-refractivity contribution is 5.74. The van der Waals surface area contributed by atoms with Crippen molar-refractivity contribution in [3.05, 3.63) is 76.9 Å². The Morgan fingerprint density at radius 2 is 1.19 bits per heavy atom. The predicted molar refractivity (Wildman–Crippen MR) is 125 cm³/mol. The van der Waals surface area contributed by atoms with Crippen LogP contribution in [-0.4, -0.2) is 40.7 Å². The molecule has 3 aromatic rings. The number of methoxy groups -OCH3 is 5. The standard InChI is InChI=1S/C26H28O6/c1-28-20-10-7-17(8-11-20)6-9-18-12-23(31-4)16-24(32-5)25(18)26(27)19-13-21(29-2)15-22(14-19)30-3/h6-16,26-27H,1-5H3/b9-6-. The maximum absolute atomic E-state index is 11.4. The van der Waals surface area contributed by atoms with Gasteiger partial charge in [-0.25, -0.2) is 0 Å². The summed E-state index contributed by atoms with van der Waals surface area (Å²) in [6.07, 6.45) is 2.88. The highest BCUT2D eigenvalue weighted by atomic mass is 16.5. The molecule has 32 heavy (non-hydrogen) atoms. The van der Waals surface area contributed by atoms with Gasteiger partial charge in [0.25, 0.3) is 0 Å². The van der Waals surface area contributed by atoms with Crippen LogP contribution < -0.4 is 23.7 Å². The van der Waals surface area contributed by atoms with Crippen molar-refractivity contribution in [3.63, 3.8) is 0 Å². The smallest absolute Gasteiger partial charge is 0.129 e. The molecule has 0 amide bonds. The van der Waals surface area contributed by atoms with Crippen LogP contribution in [0.4, 0.5) is 0 Å². The van der Waals surface area contributed by atoms with Crippen LogP contribution in [0.15, 0.2) is 54.6 Å². The Morgan fingerprint density at radius 1 is 0.625 bits per heavy atom. The van der Waals surface area contributed by atoms with E-state index in [-0.39, 0.29) is 0 Å². The zero-order chi connectivity index (χ0) is 23.1. The molecule has 0 aromatic heterocycles. The van der Waals surface area contributed by atoms with Crippen molar-refractivity contribution >= 4 is 12.2 Å². The van der Waals surface area contributed by atoms with Crippen molar-refractivity contribution in [2.75, 3.05) is 35.5 Å². The molecule has 0 aliphatic heterocycles. The summed E-state index contributed by atoms with van der Waals surface area (Å²) in [5.41, 5.74) is 2.96. The Labute approximate surface area is 188 Å². The van der Waals surface area contributed by atoms with Gasteiger partial charge in [-0.2, -0.15) is 0 Å². The normalized spacial score (nSPS) is 11.8. The van der Waals surface area contributed by atoms with E-state index >= 15 is 0 Å². The number of rotatable bonds is 9. The summed E-state index contributed by atoms with van der Waals surface area (Å²) in [6.45, 7) is 0. The predicted octanol–water partition coefficient (Wildman–Crippen LogP) is 4.98. The van der Waals surface area contributed by atoms with Crippen molar-refractivity contribution < 1.29 is 28.8 Å². The zero-order valence-corrected chi connectivity index (χ0v) is 18.9. The summed E-state index contributed by atoms with van der Waals surface area (Å²) in [4.78, 5) is 0. The molecule has 1 N–H and O–H groups in total. The fourth-order valence-corrected chi connectivity index (χ4v) is 3.39. The average Bonchev–Trinajstić information content (AvgIpc) is 2.86. The minimum Gasteiger partial charge on any atom is -0.497 e. The molecular weight excluding hydrogens is 408 g/mol. The Morgan fingerprint density at radius 3 is 1.72 bits per heavy atom. The minimum atomic E-state index is -0.990. The Bertz CT molecular complexity index is 1050. The highest BCUT2D eigenvalue weighted by Gasteiger charge is 2.22. The van der Waals surface area contributed by atoms with E-state index in [1.807, 2.05) is 42.5 Å². The third-order valence-corrected chi connectivity index (χ3v) is 5.14. The first-order valence-corrected chi connectivity index (χ1v) is 10.0. The zero-order valence-electron chi connectivity index (χ0n) is 18.9. The third-order valence-electron chi connectivity index (χ3n) is 5.14. The lowest BCUT2D eigenvalue weighted by atomic mass is 9.94. The van der Waals surface area contributed by atoms with Crippen LogP contribution in [0.1, 0.15) is 28.4 Å². The van der Waals surface area contributed by atoms with Gasteiger partial charge in [-0.3, -0.25) is 0 Å². The second-order valence-corrected chi connectivity index (χ2v) is 6.99. The van der Waals surface area contributed by atoms with Crippen LogP contribution in [0.25, 0.3) is 12.2 Å². The molecule has 0 heterocycles. The summed E-state index contributed by atoms with van der Waals surface area (Å²) in [6, 6.07) is 16.6. The quantitative estimate of drug-likeness (QED) is 0.477. The maximum atomic E-state index is 11.4.